The normalized spacial score (nSPS) is 17.9. The largest absolute Gasteiger partial charge is 0.315 e. The van der Waals surface area contributed by atoms with Gasteiger partial charge in [-0.1, -0.05) is 26.0 Å². The molecule has 1 heterocycles. The first-order valence-electron chi connectivity index (χ1n) is 6.99. The van der Waals surface area contributed by atoms with E-state index in [4.69, 9.17) is 0 Å². The van der Waals surface area contributed by atoms with Crippen molar-refractivity contribution in [3.05, 3.63) is 35.4 Å². The van der Waals surface area contributed by atoms with Crippen LogP contribution in [-0.4, -0.2) is 34.7 Å². The summed E-state index contributed by atoms with van der Waals surface area (Å²) in [5.74, 6) is -0.830. The van der Waals surface area contributed by atoms with Gasteiger partial charge in [-0.15, -0.1) is 0 Å². The second kappa shape index (κ2) is 5.31. The lowest BCUT2D eigenvalue weighted by Gasteiger charge is -2.40. The summed E-state index contributed by atoms with van der Waals surface area (Å²) in [6.45, 7) is 7.31. The number of benzene rings is 1. The number of carbonyl (C=O) groups excluding carboxylic acids is 3. The van der Waals surface area contributed by atoms with Gasteiger partial charge < -0.3 is 4.90 Å². The van der Waals surface area contributed by atoms with Crippen molar-refractivity contribution in [1.29, 1.82) is 0 Å². The van der Waals surface area contributed by atoms with Gasteiger partial charge in [-0.05, 0) is 37.5 Å². The Hall–Kier alpha value is -2.17. The molecule has 1 aliphatic heterocycles. The van der Waals surface area contributed by atoms with E-state index in [1.54, 1.807) is 26.0 Å². The lowest BCUT2D eigenvalue weighted by molar-refractivity contribution is -0.143. The molecule has 0 aromatic heterocycles. The fourth-order valence-electron chi connectivity index (χ4n) is 2.28. The highest BCUT2D eigenvalue weighted by atomic mass is 16.2. The summed E-state index contributed by atoms with van der Waals surface area (Å²) >= 11 is 0. The van der Waals surface area contributed by atoms with Crippen molar-refractivity contribution in [2.45, 2.75) is 39.2 Å². The Balaban J connectivity index is 2.29. The zero-order valence-corrected chi connectivity index (χ0v) is 12.8. The third kappa shape index (κ3) is 2.82. The van der Waals surface area contributed by atoms with Gasteiger partial charge in [0.1, 0.15) is 12.1 Å². The molecule has 3 amide bonds. The van der Waals surface area contributed by atoms with E-state index in [0.29, 0.717) is 11.5 Å². The molecular formula is C16H20N2O3. The zero-order valence-electron chi connectivity index (χ0n) is 12.8. The summed E-state index contributed by atoms with van der Waals surface area (Å²) in [4.78, 5) is 37.3. The first kappa shape index (κ1) is 15.2. The van der Waals surface area contributed by atoms with Crippen LogP contribution in [0.15, 0.2) is 24.3 Å². The molecule has 5 nitrogen and oxygen atoms in total. The first-order chi connectivity index (χ1) is 9.73. The Kier molecular flexibility index (Phi) is 3.85. The van der Waals surface area contributed by atoms with Crippen molar-refractivity contribution < 1.29 is 14.4 Å². The summed E-state index contributed by atoms with van der Waals surface area (Å²) in [7, 11) is 0. The van der Waals surface area contributed by atoms with Gasteiger partial charge in [0.05, 0.1) is 0 Å². The first-order valence-corrected chi connectivity index (χ1v) is 6.99. The highest BCUT2D eigenvalue weighted by molar-refractivity contribution is 6.08. The number of amides is 3. The van der Waals surface area contributed by atoms with Crippen LogP contribution in [0, 0.1) is 0 Å². The van der Waals surface area contributed by atoms with Crippen LogP contribution >= 0.6 is 0 Å². The highest BCUT2D eigenvalue weighted by Crippen LogP contribution is 2.22. The van der Waals surface area contributed by atoms with E-state index in [1.807, 2.05) is 12.1 Å². The summed E-state index contributed by atoms with van der Waals surface area (Å²) in [6.07, 6.45) is 0. The molecule has 0 unspecified atom stereocenters. The van der Waals surface area contributed by atoms with Crippen molar-refractivity contribution in [3.63, 3.8) is 0 Å². The smallest absolute Gasteiger partial charge is 0.255 e. The molecule has 0 radical (unpaired) electrons. The average Bonchev–Trinajstić information content (AvgIpc) is 2.42. The Bertz CT molecular complexity index is 588. The van der Waals surface area contributed by atoms with Crippen LogP contribution in [-0.2, 0) is 9.59 Å². The molecular weight excluding hydrogens is 268 g/mol. The number of piperazine rings is 1. The molecule has 0 atom stereocenters. The molecule has 5 heteroatoms. The fourth-order valence-corrected chi connectivity index (χ4v) is 2.28. The molecule has 21 heavy (non-hydrogen) atoms. The SMILES string of the molecule is CC(C)c1ccc(C(=O)N2CC(=O)NC(=O)C2(C)C)cc1. The Morgan fingerprint density at radius 3 is 2.29 bits per heavy atom. The maximum absolute atomic E-state index is 12.6. The van der Waals surface area contributed by atoms with E-state index in [2.05, 4.69) is 19.2 Å². The Morgan fingerprint density at radius 1 is 1.19 bits per heavy atom. The van der Waals surface area contributed by atoms with Gasteiger partial charge in [-0.25, -0.2) is 0 Å². The van der Waals surface area contributed by atoms with Gasteiger partial charge in [0, 0.05) is 5.56 Å². The zero-order chi connectivity index (χ0) is 15.8. The second-order valence-corrected chi connectivity index (χ2v) is 6.10. The van der Waals surface area contributed by atoms with E-state index in [9.17, 15) is 14.4 Å². The quantitative estimate of drug-likeness (QED) is 0.842. The third-order valence-corrected chi connectivity index (χ3v) is 3.85. The molecule has 1 aromatic rings. The lowest BCUT2D eigenvalue weighted by Crippen LogP contribution is -2.65. The number of carbonyl (C=O) groups is 3. The van der Waals surface area contributed by atoms with Crippen LogP contribution in [0.25, 0.3) is 0 Å². The molecule has 0 saturated carbocycles. The predicted octanol–water partition coefficient (Wildman–Crippen LogP) is 1.69. The maximum Gasteiger partial charge on any atom is 0.255 e. The Morgan fingerprint density at radius 2 is 1.76 bits per heavy atom. The van der Waals surface area contributed by atoms with Gasteiger partial charge in [-0.3, -0.25) is 19.7 Å². The van der Waals surface area contributed by atoms with Gasteiger partial charge in [0.25, 0.3) is 11.8 Å². The predicted molar refractivity (Wildman–Crippen MR) is 78.8 cm³/mol. The molecule has 2 rings (SSSR count). The van der Waals surface area contributed by atoms with Gasteiger partial charge in [0.15, 0.2) is 0 Å². The number of nitrogens with one attached hydrogen (secondary N) is 1. The molecule has 1 aliphatic rings. The standard InChI is InChI=1S/C16H20N2O3/c1-10(2)11-5-7-12(8-6-11)14(20)18-9-13(19)17-15(21)16(18,3)4/h5-8,10H,9H2,1-4H3,(H,17,19,21). The van der Waals surface area contributed by atoms with Crippen LogP contribution in [0.4, 0.5) is 0 Å². The summed E-state index contributed by atoms with van der Waals surface area (Å²) < 4.78 is 0. The van der Waals surface area contributed by atoms with Crippen LogP contribution < -0.4 is 5.32 Å². The van der Waals surface area contributed by atoms with E-state index in [1.165, 1.54) is 4.90 Å². The Labute approximate surface area is 124 Å². The summed E-state index contributed by atoms with van der Waals surface area (Å²) in [5, 5.41) is 2.26. The molecule has 1 saturated heterocycles. The lowest BCUT2D eigenvalue weighted by atomic mass is 9.96. The van der Waals surface area contributed by atoms with E-state index in [-0.39, 0.29) is 12.5 Å². The molecule has 1 N–H and O–H groups in total. The van der Waals surface area contributed by atoms with Gasteiger partial charge in [-0.2, -0.15) is 0 Å². The molecule has 0 aliphatic carbocycles. The second-order valence-electron chi connectivity index (χ2n) is 6.10. The molecule has 112 valence electrons. The number of hydrogen-bond donors (Lipinski definition) is 1. The maximum atomic E-state index is 12.6. The average molecular weight is 288 g/mol. The minimum Gasteiger partial charge on any atom is -0.315 e. The van der Waals surface area contributed by atoms with Crippen LogP contribution in [0.5, 0.6) is 0 Å². The van der Waals surface area contributed by atoms with Crippen LogP contribution in [0.2, 0.25) is 0 Å². The van der Waals surface area contributed by atoms with E-state index < -0.39 is 17.4 Å². The van der Waals surface area contributed by atoms with Crippen molar-refractivity contribution in [3.8, 4) is 0 Å². The van der Waals surface area contributed by atoms with Crippen molar-refractivity contribution in [1.82, 2.24) is 10.2 Å². The fraction of sp³-hybridized carbons (Fsp3) is 0.438. The third-order valence-electron chi connectivity index (χ3n) is 3.85. The van der Waals surface area contributed by atoms with Crippen molar-refractivity contribution in [2.75, 3.05) is 6.54 Å². The molecule has 1 fully saturated rings. The highest BCUT2D eigenvalue weighted by Gasteiger charge is 2.43. The minimum atomic E-state index is -1.04. The van der Waals surface area contributed by atoms with E-state index >= 15 is 0 Å². The number of imide groups is 1. The molecule has 0 bridgehead atoms. The van der Waals surface area contributed by atoms with Crippen molar-refractivity contribution in [2.24, 2.45) is 0 Å². The topological polar surface area (TPSA) is 66.5 Å². The summed E-state index contributed by atoms with van der Waals surface area (Å²) in [5.41, 5.74) is 0.579. The number of hydrogen-bond acceptors (Lipinski definition) is 3. The van der Waals surface area contributed by atoms with Gasteiger partial charge in [0.2, 0.25) is 5.91 Å². The van der Waals surface area contributed by atoms with Crippen LogP contribution in [0.3, 0.4) is 0 Å². The minimum absolute atomic E-state index is 0.108. The number of nitrogens with zero attached hydrogens (tertiary/aromatic N) is 1. The van der Waals surface area contributed by atoms with Crippen LogP contribution in [0.1, 0.15) is 49.5 Å². The number of rotatable bonds is 2. The molecule has 1 aromatic carbocycles. The van der Waals surface area contributed by atoms with E-state index in [0.717, 1.165) is 5.56 Å². The molecule has 0 spiro atoms. The van der Waals surface area contributed by atoms with Crippen molar-refractivity contribution >= 4 is 17.7 Å². The monoisotopic (exact) mass is 288 g/mol. The van der Waals surface area contributed by atoms with Gasteiger partial charge >= 0.3 is 0 Å². The summed E-state index contributed by atoms with van der Waals surface area (Å²) in [6, 6.07) is 7.28.